The first-order valence-electron chi connectivity index (χ1n) is 5.60. The molecule has 0 spiro atoms. The molecule has 5 nitrogen and oxygen atoms in total. The van der Waals surface area contributed by atoms with Gasteiger partial charge in [-0.05, 0) is 13.0 Å². The highest BCUT2D eigenvalue weighted by molar-refractivity contribution is 5.85. The number of nitrogens with zero attached hydrogens (tertiary/aromatic N) is 2. The third kappa shape index (κ3) is 3.84. The van der Waals surface area contributed by atoms with Crippen LogP contribution in [0, 0.1) is 0 Å². The Balaban J connectivity index is 0.00000180. The van der Waals surface area contributed by atoms with Crippen LogP contribution in [0.1, 0.15) is 12.0 Å². The smallest absolute Gasteiger partial charge is 0.372 e. The Bertz CT molecular complexity index is 420. The largest absolute Gasteiger partial charge is 0.421 e. The molecule has 2 rings (SSSR count). The van der Waals surface area contributed by atoms with Gasteiger partial charge in [-0.1, -0.05) is 0 Å². The molecule has 1 fully saturated rings. The van der Waals surface area contributed by atoms with Crippen LogP contribution in [0.25, 0.3) is 0 Å². The summed E-state index contributed by atoms with van der Waals surface area (Å²) in [6.45, 7) is 1.65. The number of rotatable bonds is 3. The molecule has 1 aliphatic rings. The van der Waals surface area contributed by atoms with Gasteiger partial charge in [0.25, 0.3) is 0 Å². The molecule has 108 valence electrons. The average molecular weight is 298 g/mol. The third-order valence-corrected chi connectivity index (χ3v) is 2.72. The second-order valence-electron chi connectivity index (χ2n) is 4.04. The van der Waals surface area contributed by atoms with Crippen LogP contribution < -0.4 is 16.0 Å². The first-order valence-corrected chi connectivity index (χ1v) is 5.60. The highest BCUT2D eigenvalue weighted by Gasteiger charge is 2.35. The SMILES string of the molecule is CNc1nc(N[C@@H]2CCNC2)ncc1C(F)(F)F.Cl. The van der Waals surface area contributed by atoms with Crippen molar-refractivity contribution in [2.45, 2.75) is 18.6 Å². The van der Waals surface area contributed by atoms with Crippen LogP contribution in [-0.4, -0.2) is 36.1 Å². The molecule has 0 unspecified atom stereocenters. The molecular formula is C10H15ClF3N5. The van der Waals surface area contributed by atoms with Crippen molar-refractivity contribution in [3.8, 4) is 0 Å². The van der Waals surface area contributed by atoms with Gasteiger partial charge in [-0.15, -0.1) is 12.4 Å². The summed E-state index contributed by atoms with van der Waals surface area (Å²) in [5, 5.41) is 8.59. The van der Waals surface area contributed by atoms with E-state index in [1.54, 1.807) is 0 Å². The summed E-state index contributed by atoms with van der Waals surface area (Å²) in [5.41, 5.74) is -0.861. The van der Waals surface area contributed by atoms with Gasteiger partial charge in [0.15, 0.2) is 0 Å². The lowest BCUT2D eigenvalue weighted by Crippen LogP contribution is -2.24. The fraction of sp³-hybridized carbons (Fsp3) is 0.600. The Morgan fingerprint density at radius 1 is 1.42 bits per heavy atom. The van der Waals surface area contributed by atoms with Crippen LogP contribution in [-0.2, 0) is 6.18 Å². The molecule has 0 aromatic carbocycles. The quantitative estimate of drug-likeness (QED) is 0.793. The molecule has 19 heavy (non-hydrogen) atoms. The summed E-state index contributed by atoms with van der Waals surface area (Å²) in [5.74, 6) is -0.00740. The Kier molecular flexibility index (Phi) is 5.19. The van der Waals surface area contributed by atoms with Gasteiger partial charge in [-0.2, -0.15) is 18.2 Å². The standard InChI is InChI=1S/C10H14F3N5.ClH/c1-14-8-7(10(11,12)13)5-16-9(18-8)17-6-2-3-15-4-6;/h5-6,15H,2-4H2,1H3,(H2,14,16,17,18);1H/t6-;/m1./s1. The molecule has 1 atom stereocenters. The summed E-state index contributed by atoms with van der Waals surface area (Å²) in [4.78, 5) is 7.55. The Hall–Kier alpha value is -1.28. The van der Waals surface area contributed by atoms with Crippen LogP contribution in [0.5, 0.6) is 0 Å². The highest BCUT2D eigenvalue weighted by Crippen LogP contribution is 2.33. The molecule has 3 N–H and O–H groups in total. The van der Waals surface area contributed by atoms with Crippen molar-refractivity contribution in [3.63, 3.8) is 0 Å². The van der Waals surface area contributed by atoms with Crippen molar-refractivity contribution in [1.29, 1.82) is 0 Å². The number of halogens is 4. The molecule has 0 aliphatic carbocycles. The van der Waals surface area contributed by atoms with Gasteiger partial charge < -0.3 is 16.0 Å². The van der Waals surface area contributed by atoms with E-state index in [1.807, 2.05) is 0 Å². The summed E-state index contributed by atoms with van der Waals surface area (Å²) in [7, 11) is 1.40. The molecule has 1 aromatic rings. The molecule has 0 bridgehead atoms. The van der Waals surface area contributed by atoms with Crippen molar-refractivity contribution in [2.24, 2.45) is 0 Å². The molecule has 9 heteroatoms. The lowest BCUT2D eigenvalue weighted by Gasteiger charge is -2.15. The summed E-state index contributed by atoms with van der Waals surface area (Å²) in [6.07, 6.45) is -2.76. The number of hydrogen-bond donors (Lipinski definition) is 3. The minimum atomic E-state index is -4.45. The second-order valence-corrected chi connectivity index (χ2v) is 4.04. The predicted molar refractivity (Wildman–Crippen MR) is 68.7 cm³/mol. The van der Waals surface area contributed by atoms with Gasteiger partial charge in [0.1, 0.15) is 11.4 Å². The average Bonchev–Trinajstić information content (AvgIpc) is 2.80. The summed E-state index contributed by atoms with van der Waals surface area (Å²) >= 11 is 0. The minimum absolute atomic E-state index is 0. The van der Waals surface area contributed by atoms with E-state index >= 15 is 0 Å². The maximum atomic E-state index is 12.6. The van der Waals surface area contributed by atoms with Gasteiger partial charge in [-0.25, -0.2) is 4.98 Å². The van der Waals surface area contributed by atoms with Crippen molar-refractivity contribution in [2.75, 3.05) is 30.8 Å². The maximum Gasteiger partial charge on any atom is 0.421 e. The topological polar surface area (TPSA) is 61.9 Å². The van der Waals surface area contributed by atoms with Crippen LogP contribution in [0.15, 0.2) is 6.20 Å². The Morgan fingerprint density at radius 2 is 2.16 bits per heavy atom. The highest BCUT2D eigenvalue weighted by atomic mass is 35.5. The zero-order chi connectivity index (χ0) is 13.2. The van der Waals surface area contributed by atoms with Crippen LogP contribution >= 0.6 is 12.4 Å². The van der Waals surface area contributed by atoms with E-state index in [0.29, 0.717) is 0 Å². The molecule has 2 heterocycles. The summed E-state index contributed by atoms with van der Waals surface area (Å²) < 4.78 is 37.9. The van der Waals surface area contributed by atoms with Crippen molar-refractivity contribution >= 4 is 24.2 Å². The van der Waals surface area contributed by atoms with Gasteiger partial charge in [0, 0.05) is 25.8 Å². The number of nitrogens with one attached hydrogen (secondary N) is 3. The molecule has 1 aliphatic heterocycles. The molecule has 0 amide bonds. The van der Waals surface area contributed by atoms with Gasteiger partial charge in [0.2, 0.25) is 5.95 Å². The molecule has 1 aromatic heterocycles. The molecule has 1 saturated heterocycles. The zero-order valence-electron chi connectivity index (χ0n) is 10.2. The zero-order valence-corrected chi connectivity index (χ0v) is 11.0. The van der Waals surface area contributed by atoms with Crippen molar-refractivity contribution in [3.05, 3.63) is 11.8 Å². The normalized spacial score (nSPS) is 18.8. The van der Waals surface area contributed by atoms with E-state index in [0.717, 1.165) is 25.7 Å². The van der Waals surface area contributed by atoms with Crippen LogP contribution in [0.4, 0.5) is 24.9 Å². The second kappa shape index (κ2) is 6.25. The first-order chi connectivity index (χ1) is 8.50. The van der Waals surface area contributed by atoms with Gasteiger partial charge in [-0.3, -0.25) is 0 Å². The maximum absolute atomic E-state index is 12.6. The van der Waals surface area contributed by atoms with E-state index in [9.17, 15) is 13.2 Å². The number of hydrogen-bond acceptors (Lipinski definition) is 5. The minimum Gasteiger partial charge on any atom is -0.372 e. The monoisotopic (exact) mass is 297 g/mol. The third-order valence-electron chi connectivity index (χ3n) is 2.72. The molecule has 0 saturated carbocycles. The fourth-order valence-corrected chi connectivity index (χ4v) is 1.81. The summed E-state index contributed by atoms with van der Waals surface area (Å²) in [6, 6.07) is 0.159. The van der Waals surface area contributed by atoms with E-state index < -0.39 is 11.7 Å². The van der Waals surface area contributed by atoms with E-state index in [-0.39, 0.29) is 30.2 Å². The predicted octanol–water partition coefficient (Wildman–Crippen LogP) is 1.73. The molecular weight excluding hydrogens is 283 g/mol. The van der Waals surface area contributed by atoms with Gasteiger partial charge >= 0.3 is 6.18 Å². The van der Waals surface area contributed by atoms with Crippen molar-refractivity contribution in [1.82, 2.24) is 15.3 Å². The van der Waals surface area contributed by atoms with E-state index in [1.165, 1.54) is 7.05 Å². The number of aromatic nitrogens is 2. The number of anilines is 2. The lowest BCUT2D eigenvalue weighted by molar-refractivity contribution is -0.137. The fourth-order valence-electron chi connectivity index (χ4n) is 1.81. The first kappa shape index (κ1) is 15.8. The van der Waals surface area contributed by atoms with Crippen LogP contribution in [0.2, 0.25) is 0 Å². The Morgan fingerprint density at radius 3 is 2.68 bits per heavy atom. The number of alkyl halides is 3. The molecule has 0 radical (unpaired) electrons. The van der Waals surface area contributed by atoms with E-state index in [4.69, 9.17) is 0 Å². The van der Waals surface area contributed by atoms with Gasteiger partial charge in [0.05, 0.1) is 0 Å². The van der Waals surface area contributed by atoms with Crippen molar-refractivity contribution < 1.29 is 13.2 Å². The lowest BCUT2D eigenvalue weighted by atomic mass is 10.2. The van der Waals surface area contributed by atoms with Crippen LogP contribution in [0.3, 0.4) is 0 Å². The van der Waals surface area contributed by atoms with E-state index in [2.05, 4.69) is 25.9 Å². The Labute approximate surface area is 114 Å².